The molecule has 94 valence electrons. The summed E-state index contributed by atoms with van der Waals surface area (Å²) in [5, 5.41) is 3.42. The molecule has 1 rings (SSSR count). The molecular formula is C12H14Br2ClNO. The van der Waals surface area contributed by atoms with Crippen molar-refractivity contribution in [3.05, 3.63) is 33.3 Å². The van der Waals surface area contributed by atoms with Gasteiger partial charge < -0.3 is 5.32 Å². The van der Waals surface area contributed by atoms with E-state index in [9.17, 15) is 4.79 Å². The summed E-state index contributed by atoms with van der Waals surface area (Å²) in [6.45, 7) is 2.77. The van der Waals surface area contributed by atoms with E-state index in [4.69, 9.17) is 11.6 Å². The van der Waals surface area contributed by atoms with Crippen molar-refractivity contribution in [2.45, 2.75) is 24.6 Å². The molecule has 0 aliphatic carbocycles. The number of hydrogen-bond acceptors (Lipinski definition) is 1. The van der Waals surface area contributed by atoms with E-state index in [1.807, 2.05) is 0 Å². The topological polar surface area (TPSA) is 29.1 Å². The molecule has 0 saturated carbocycles. The molecular weight excluding hydrogens is 369 g/mol. The van der Waals surface area contributed by atoms with Crippen LogP contribution in [0.5, 0.6) is 0 Å². The Labute approximate surface area is 123 Å². The standard InChI is InChI=1S/C12H14Br2ClNO/c1-2-9(13)3-4-16-12(17)8-5-10(14)7-11(15)6-8/h5-7,9H,2-4H2,1H3,(H,16,17). The van der Waals surface area contributed by atoms with Crippen molar-refractivity contribution in [3.8, 4) is 0 Å². The number of benzene rings is 1. The summed E-state index contributed by atoms with van der Waals surface area (Å²) < 4.78 is 0.807. The van der Waals surface area contributed by atoms with Crippen LogP contribution in [0.2, 0.25) is 5.02 Å². The van der Waals surface area contributed by atoms with Gasteiger partial charge in [-0.2, -0.15) is 0 Å². The maximum atomic E-state index is 11.8. The molecule has 0 radical (unpaired) electrons. The number of alkyl halides is 1. The molecule has 0 saturated heterocycles. The highest BCUT2D eigenvalue weighted by Crippen LogP contribution is 2.19. The first-order valence-electron chi connectivity index (χ1n) is 5.41. The van der Waals surface area contributed by atoms with Gasteiger partial charge in [0.05, 0.1) is 0 Å². The second kappa shape index (κ2) is 7.39. The average molecular weight is 384 g/mol. The molecule has 0 heterocycles. The van der Waals surface area contributed by atoms with Crippen molar-refractivity contribution >= 4 is 49.4 Å². The first kappa shape index (κ1) is 15.0. The monoisotopic (exact) mass is 381 g/mol. The highest BCUT2D eigenvalue weighted by atomic mass is 79.9. The second-order valence-corrected chi connectivity index (χ2v) is 6.36. The summed E-state index contributed by atoms with van der Waals surface area (Å²) in [6.07, 6.45) is 1.97. The molecule has 0 bridgehead atoms. The van der Waals surface area contributed by atoms with E-state index in [2.05, 4.69) is 44.1 Å². The highest BCUT2D eigenvalue weighted by molar-refractivity contribution is 9.10. The number of amides is 1. The molecule has 1 unspecified atom stereocenters. The fourth-order valence-corrected chi connectivity index (χ4v) is 2.42. The minimum atomic E-state index is -0.0935. The third-order valence-electron chi connectivity index (χ3n) is 2.31. The first-order valence-corrected chi connectivity index (χ1v) is 7.50. The molecule has 1 aromatic carbocycles. The van der Waals surface area contributed by atoms with Gasteiger partial charge in [0, 0.05) is 26.4 Å². The predicted octanol–water partition coefficient (Wildman–Crippen LogP) is 4.40. The normalized spacial score (nSPS) is 12.2. The summed E-state index contributed by atoms with van der Waals surface area (Å²) in [5.41, 5.74) is 0.576. The number of rotatable bonds is 5. The maximum Gasteiger partial charge on any atom is 0.251 e. The summed E-state index contributed by atoms with van der Waals surface area (Å²) in [6, 6.07) is 5.17. The van der Waals surface area contributed by atoms with Crippen molar-refractivity contribution < 1.29 is 4.79 Å². The smallest absolute Gasteiger partial charge is 0.251 e. The third-order valence-corrected chi connectivity index (χ3v) is 4.09. The molecule has 0 aliphatic heterocycles. The molecule has 0 aromatic heterocycles. The van der Waals surface area contributed by atoms with E-state index in [0.717, 1.165) is 17.3 Å². The van der Waals surface area contributed by atoms with Gasteiger partial charge in [-0.1, -0.05) is 50.4 Å². The van der Waals surface area contributed by atoms with Gasteiger partial charge in [-0.3, -0.25) is 4.79 Å². The first-order chi connectivity index (χ1) is 8.02. The van der Waals surface area contributed by atoms with Crippen molar-refractivity contribution in [2.24, 2.45) is 0 Å². The Balaban J connectivity index is 2.52. The van der Waals surface area contributed by atoms with E-state index in [0.29, 0.717) is 22.0 Å². The van der Waals surface area contributed by atoms with E-state index in [1.165, 1.54) is 0 Å². The van der Waals surface area contributed by atoms with Gasteiger partial charge in [-0.15, -0.1) is 0 Å². The van der Waals surface area contributed by atoms with E-state index < -0.39 is 0 Å². The molecule has 2 nitrogen and oxygen atoms in total. The van der Waals surface area contributed by atoms with Gasteiger partial charge in [0.2, 0.25) is 0 Å². The highest BCUT2D eigenvalue weighted by Gasteiger charge is 2.08. The lowest BCUT2D eigenvalue weighted by atomic mass is 10.2. The minimum Gasteiger partial charge on any atom is -0.352 e. The van der Waals surface area contributed by atoms with E-state index in [1.54, 1.807) is 18.2 Å². The molecule has 1 atom stereocenters. The maximum absolute atomic E-state index is 11.8. The van der Waals surface area contributed by atoms with Crippen LogP contribution in [-0.2, 0) is 0 Å². The van der Waals surface area contributed by atoms with Crippen molar-refractivity contribution in [1.29, 1.82) is 0 Å². The van der Waals surface area contributed by atoms with Crippen LogP contribution in [0.3, 0.4) is 0 Å². The Kier molecular flexibility index (Phi) is 6.52. The summed E-state index contributed by atoms with van der Waals surface area (Å²) in [4.78, 5) is 12.3. The predicted molar refractivity (Wildman–Crippen MR) is 79.1 cm³/mol. The average Bonchev–Trinajstić information content (AvgIpc) is 2.27. The van der Waals surface area contributed by atoms with Gasteiger partial charge in [-0.25, -0.2) is 0 Å². The van der Waals surface area contributed by atoms with Crippen LogP contribution >= 0.6 is 43.5 Å². The number of hydrogen-bond donors (Lipinski definition) is 1. The molecule has 0 aliphatic rings. The Bertz CT molecular complexity index is 378. The lowest BCUT2D eigenvalue weighted by molar-refractivity contribution is 0.0953. The summed E-state index contributed by atoms with van der Waals surface area (Å²) >= 11 is 12.7. The molecule has 1 N–H and O–H groups in total. The van der Waals surface area contributed by atoms with Gasteiger partial charge in [0.1, 0.15) is 0 Å². The lowest BCUT2D eigenvalue weighted by Gasteiger charge is -2.08. The zero-order valence-electron chi connectivity index (χ0n) is 9.47. The number of carbonyl (C=O) groups is 1. The molecule has 0 fully saturated rings. The molecule has 1 aromatic rings. The Hall–Kier alpha value is -0.0600. The second-order valence-electron chi connectivity index (χ2n) is 3.71. The lowest BCUT2D eigenvalue weighted by Crippen LogP contribution is -2.26. The van der Waals surface area contributed by atoms with Crippen LogP contribution in [0.4, 0.5) is 0 Å². The van der Waals surface area contributed by atoms with Crippen LogP contribution < -0.4 is 5.32 Å². The van der Waals surface area contributed by atoms with Gasteiger partial charge in [0.25, 0.3) is 5.91 Å². The van der Waals surface area contributed by atoms with Crippen molar-refractivity contribution in [2.75, 3.05) is 6.54 Å². The molecule has 17 heavy (non-hydrogen) atoms. The van der Waals surface area contributed by atoms with Crippen LogP contribution in [0, 0.1) is 0 Å². The summed E-state index contributed by atoms with van der Waals surface area (Å²) in [7, 11) is 0. The Morgan fingerprint density at radius 1 is 1.47 bits per heavy atom. The number of carbonyl (C=O) groups excluding carboxylic acids is 1. The van der Waals surface area contributed by atoms with E-state index in [-0.39, 0.29) is 5.91 Å². The minimum absolute atomic E-state index is 0.0935. The number of nitrogens with one attached hydrogen (secondary N) is 1. The van der Waals surface area contributed by atoms with Crippen LogP contribution in [-0.4, -0.2) is 17.3 Å². The van der Waals surface area contributed by atoms with Gasteiger partial charge >= 0.3 is 0 Å². The third kappa shape index (κ3) is 5.40. The van der Waals surface area contributed by atoms with E-state index >= 15 is 0 Å². The van der Waals surface area contributed by atoms with Crippen LogP contribution in [0.1, 0.15) is 30.1 Å². The van der Waals surface area contributed by atoms with Crippen molar-refractivity contribution in [1.82, 2.24) is 5.32 Å². The van der Waals surface area contributed by atoms with Gasteiger partial charge in [0.15, 0.2) is 0 Å². The van der Waals surface area contributed by atoms with Crippen LogP contribution in [0.15, 0.2) is 22.7 Å². The largest absolute Gasteiger partial charge is 0.352 e. The van der Waals surface area contributed by atoms with Crippen molar-refractivity contribution in [3.63, 3.8) is 0 Å². The molecule has 0 spiro atoms. The molecule has 1 amide bonds. The molecule has 5 heteroatoms. The quantitative estimate of drug-likeness (QED) is 0.751. The number of halogens is 3. The zero-order valence-corrected chi connectivity index (χ0v) is 13.4. The summed E-state index contributed by atoms with van der Waals surface area (Å²) in [5.74, 6) is -0.0935. The Morgan fingerprint density at radius 3 is 2.76 bits per heavy atom. The fourth-order valence-electron chi connectivity index (χ4n) is 1.33. The fraction of sp³-hybridized carbons (Fsp3) is 0.417. The van der Waals surface area contributed by atoms with Gasteiger partial charge in [-0.05, 0) is 31.0 Å². The van der Waals surface area contributed by atoms with Crippen LogP contribution in [0.25, 0.3) is 0 Å². The Morgan fingerprint density at radius 2 is 2.18 bits per heavy atom. The zero-order chi connectivity index (χ0) is 12.8. The SMILES string of the molecule is CCC(Br)CCNC(=O)c1cc(Cl)cc(Br)c1.